The fourth-order valence-electron chi connectivity index (χ4n) is 3.48. The summed E-state index contributed by atoms with van der Waals surface area (Å²) in [6.07, 6.45) is 1.09. The molecule has 1 atom stereocenters. The molecule has 1 fully saturated rings. The predicted molar refractivity (Wildman–Crippen MR) is 119 cm³/mol. The summed E-state index contributed by atoms with van der Waals surface area (Å²) in [5.41, 5.74) is 0.223. The molecule has 172 valence electrons. The Balaban J connectivity index is 1.42. The van der Waals surface area contributed by atoms with Crippen molar-refractivity contribution in [2.45, 2.75) is 25.0 Å². The molecule has 0 saturated carbocycles. The number of carbonyl (C=O) groups is 2. The molecule has 1 heterocycles. The maximum atomic E-state index is 12.2. The van der Waals surface area contributed by atoms with E-state index in [1.54, 1.807) is 36.4 Å². The number of aliphatic hydroxyl groups excluding tert-OH is 1. The molecule has 2 aromatic rings. The molecule has 0 aromatic heterocycles. The minimum atomic E-state index is -1.13. The van der Waals surface area contributed by atoms with Gasteiger partial charge in [-0.15, -0.1) is 0 Å². The number of aliphatic hydroxyl groups is 1. The summed E-state index contributed by atoms with van der Waals surface area (Å²) in [6.45, 7) is 1.58. The average molecular weight is 463 g/mol. The second-order valence-electron chi connectivity index (χ2n) is 7.61. The van der Waals surface area contributed by atoms with Gasteiger partial charge in [-0.25, -0.2) is 0 Å². The molecule has 9 heteroatoms. The van der Waals surface area contributed by atoms with Crippen LogP contribution in [0, 0.1) is 0 Å². The van der Waals surface area contributed by atoms with E-state index in [0.29, 0.717) is 17.3 Å². The topological polar surface area (TPSA) is 108 Å². The van der Waals surface area contributed by atoms with Crippen LogP contribution < -0.4 is 14.8 Å². The highest BCUT2D eigenvalue weighted by molar-refractivity contribution is 6.30. The molecule has 0 radical (unpaired) electrons. The van der Waals surface area contributed by atoms with Crippen molar-refractivity contribution in [3.8, 4) is 11.5 Å². The van der Waals surface area contributed by atoms with E-state index in [1.807, 2.05) is 12.1 Å². The largest absolute Gasteiger partial charge is 0.490 e. The van der Waals surface area contributed by atoms with E-state index in [-0.39, 0.29) is 18.3 Å². The summed E-state index contributed by atoms with van der Waals surface area (Å²) in [5.74, 6) is -0.577. The number of piperidine rings is 1. The summed E-state index contributed by atoms with van der Waals surface area (Å²) >= 11 is 5.90. The zero-order valence-corrected chi connectivity index (χ0v) is 18.3. The number of para-hydroxylation sites is 1. The predicted octanol–water partition coefficient (Wildman–Crippen LogP) is 2.44. The van der Waals surface area contributed by atoms with E-state index < -0.39 is 24.5 Å². The van der Waals surface area contributed by atoms with Crippen molar-refractivity contribution in [2.75, 3.05) is 32.8 Å². The van der Waals surface area contributed by atoms with Gasteiger partial charge in [-0.1, -0.05) is 23.7 Å². The number of carboxylic acid groups (broad SMARTS) is 1. The smallest absolute Gasteiger partial charge is 0.322 e. The van der Waals surface area contributed by atoms with Gasteiger partial charge in [0.1, 0.15) is 36.9 Å². The third-order valence-electron chi connectivity index (χ3n) is 5.08. The van der Waals surface area contributed by atoms with Crippen LogP contribution in [0.2, 0.25) is 5.02 Å². The Bertz CT molecular complexity index is 900. The number of halogens is 1. The van der Waals surface area contributed by atoms with Crippen LogP contribution in [0.1, 0.15) is 23.2 Å². The molecule has 1 amide bonds. The molecule has 2 aromatic carbocycles. The third-order valence-corrected chi connectivity index (χ3v) is 5.33. The number of hydrogen-bond acceptors (Lipinski definition) is 6. The van der Waals surface area contributed by atoms with Gasteiger partial charge in [0.15, 0.2) is 0 Å². The van der Waals surface area contributed by atoms with Gasteiger partial charge >= 0.3 is 5.97 Å². The maximum Gasteiger partial charge on any atom is 0.322 e. The SMILES string of the molecule is O=C(O)CNC(=O)c1ccccc1OCC(O)CN1CCC(Oc2ccc(Cl)cc2)CC1. The van der Waals surface area contributed by atoms with Crippen LogP contribution in [-0.4, -0.2) is 72.0 Å². The van der Waals surface area contributed by atoms with Crippen molar-refractivity contribution in [2.24, 2.45) is 0 Å². The number of amides is 1. The van der Waals surface area contributed by atoms with Gasteiger partial charge in [0.05, 0.1) is 5.56 Å². The highest BCUT2D eigenvalue weighted by atomic mass is 35.5. The lowest BCUT2D eigenvalue weighted by Crippen LogP contribution is -2.43. The number of ether oxygens (including phenoxy) is 2. The van der Waals surface area contributed by atoms with E-state index in [2.05, 4.69) is 10.2 Å². The summed E-state index contributed by atoms with van der Waals surface area (Å²) in [5, 5.41) is 22.1. The van der Waals surface area contributed by atoms with Crippen molar-refractivity contribution >= 4 is 23.5 Å². The number of carboxylic acids is 1. The zero-order valence-electron chi connectivity index (χ0n) is 17.6. The van der Waals surface area contributed by atoms with Gasteiger partial charge in [-0.3, -0.25) is 9.59 Å². The molecule has 0 bridgehead atoms. The van der Waals surface area contributed by atoms with Gasteiger partial charge in [0.25, 0.3) is 5.91 Å². The number of nitrogens with zero attached hydrogens (tertiary/aromatic N) is 1. The van der Waals surface area contributed by atoms with Crippen molar-refractivity contribution in [3.05, 3.63) is 59.1 Å². The Morgan fingerprint density at radius 2 is 1.81 bits per heavy atom. The molecule has 1 saturated heterocycles. The molecular weight excluding hydrogens is 436 g/mol. The number of aliphatic carboxylic acids is 1. The van der Waals surface area contributed by atoms with Crippen LogP contribution in [0.25, 0.3) is 0 Å². The van der Waals surface area contributed by atoms with Crippen molar-refractivity contribution in [1.82, 2.24) is 10.2 Å². The van der Waals surface area contributed by atoms with Crippen LogP contribution >= 0.6 is 11.6 Å². The van der Waals surface area contributed by atoms with E-state index in [0.717, 1.165) is 31.7 Å². The van der Waals surface area contributed by atoms with E-state index in [4.69, 9.17) is 26.2 Å². The van der Waals surface area contributed by atoms with Crippen LogP contribution in [0.15, 0.2) is 48.5 Å². The summed E-state index contributed by atoms with van der Waals surface area (Å²) < 4.78 is 11.6. The third kappa shape index (κ3) is 7.40. The van der Waals surface area contributed by atoms with Gasteiger partial charge in [-0.05, 0) is 49.2 Å². The van der Waals surface area contributed by atoms with Gasteiger partial charge in [0.2, 0.25) is 0 Å². The van der Waals surface area contributed by atoms with Gasteiger partial charge in [-0.2, -0.15) is 0 Å². The van der Waals surface area contributed by atoms with Crippen LogP contribution in [-0.2, 0) is 4.79 Å². The Morgan fingerprint density at radius 1 is 1.12 bits per heavy atom. The number of nitrogens with one attached hydrogen (secondary N) is 1. The normalized spacial score (nSPS) is 15.7. The molecular formula is C23H27ClN2O6. The standard InChI is InChI=1S/C23H27ClN2O6/c24-16-5-7-18(8-6-16)32-19-9-11-26(12-10-19)14-17(27)15-31-21-4-2-1-3-20(21)23(30)25-13-22(28)29/h1-8,17,19,27H,9-15H2,(H,25,30)(H,28,29). The number of rotatable bonds is 10. The molecule has 32 heavy (non-hydrogen) atoms. The first-order valence-electron chi connectivity index (χ1n) is 10.4. The lowest BCUT2D eigenvalue weighted by atomic mass is 10.1. The first kappa shape index (κ1) is 23.8. The average Bonchev–Trinajstić information content (AvgIpc) is 2.79. The van der Waals surface area contributed by atoms with Crippen molar-refractivity contribution in [1.29, 1.82) is 0 Å². The lowest BCUT2D eigenvalue weighted by Gasteiger charge is -2.33. The van der Waals surface area contributed by atoms with Crippen molar-refractivity contribution < 1.29 is 29.3 Å². The second-order valence-corrected chi connectivity index (χ2v) is 8.05. The second kappa shape index (κ2) is 11.7. The molecule has 1 aliphatic rings. The zero-order chi connectivity index (χ0) is 22.9. The Kier molecular flexibility index (Phi) is 8.72. The molecule has 1 aliphatic heterocycles. The fourth-order valence-corrected chi connectivity index (χ4v) is 3.61. The molecule has 0 spiro atoms. The fraction of sp³-hybridized carbons (Fsp3) is 0.391. The van der Waals surface area contributed by atoms with Crippen molar-refractivity contribution in [3.63, 3.8) is 0 Å². The van der Waals surface area contributed by atoms with Crippen LogP contribution in [0.5, 0.6) is 11.5 Å². The number of β-amino-alcohol motifs (C(OH)–C–C–N with tert-alkyl or cyclic N) is 1. The lowest BCUT2D eigenvalue weighted by molar-refractivity contribution is -0.135. The first-order chi connectivity index (χ1) is 15.4. The summed E-state index contributed by atoms with van der Waals surface area (Å²) in [7, 11) is 0. The maximum absolute atomic E-state index is 12.2. The minimum absolute atomic E-state index is 0.0183. The first-order valence-corrected chi connectivity index (χ1v) is 10.8. The number of hydrogen-bond donors (Lipinski definition) is 3. The van der Waals surface area contributed by atoms with Crippen LogP contribution in [0.3, 0.4) is 0 Å². The Hall–Kier alpha value is -2.81. The van der Waals surface area contributed by atoms with E-state index >= 15 is 0 Å². The molecule has 8 nitrogen and oxygen atoms in total. The van der Waals surface area contributed by atoms with Gasteiger partial charge in [0, 0.05) is 24.7 Å². The van der Waals surface area contributed by atoms with E-state index in [1.165, 1.54) is 0 Å². The number of likely N-dealkylation sites (tertiary alicyclic amines) is 1. The molecule has 3 rings (SSSR count). The van der Waals surface area contributed by atoms with E-state index in [9.17, 15) is 14.7 Å². The summed E-state index contributed by atoms with van der Waals surface area (Å²) in [6, 6.07) is 13.8. The molecule has 3 N–H and O–H groups in total. The van der Waals surface area contributed by atoms with Crippen LogP contribution in [0.4, 0.5) is 0 Å². The quantitative estimate of drug-likeness (QED) is 0.497. The minimum Gasteiger partial charge on any atom is -0.490 e. The van der Waals surface area contributed by atoms with Gasteiger partial charge < -0.3 is 29.9 Å². The Labute approximate surface area is 191 Å². The highest BCUT2D eigenvalue weighted by Crippen LogP contribution is 2.22. The summed E-state index contributed by atoms with van der Waals surface area (Å²) in [4.78, 5) is 25.0. The molecule has 0 aliphatic carbocycles. The number of benzene rings is 2. The Morgan fingerprint density at radius 3 is 2.50 bits per heavy atom. The highest BCUT2D eigenvalue weighted by Gasteiger charge is 2.23. The molecule has 1 unspecified atom stereocenters. The monoisotopic (exact) mass is 462 g/mol. The number of carbonyl (C=O) groups excluding carboxylic acids is 1.